The summed E-state index contributed by atoms with van der Waals surface area (Å²) in [6.07, 6.45) is 0. The Bertz CT molecular complexity index is 568. The highest BCUT2D eigenvalue weighted by molar-refractivity contribution is 7.84. The fourth-order valence-corrected chi connectivity index (χ4v) is 3.24. The molecule has 0 spiro atoms. The van der Waals surface area contributed by atoms with Gasteiger partial charge in [0.2, 0.25) is 0 Å². The van der Waals surface area contributed by atoms with E-state index in [-0.39, 0.29) is 5.69 Å². The Morgan fingerprint density at radius 1 is 1.53 bits per heavy atom. The summed E-state index contributed by atoms with van der Waals surface area (Å²) in [5, 5.41) is 2.80. The first kappa shape index (κ1) is 12.2. The Morgan fingerprint density at radius 3 is 2.88 bits per heavy atom. The minimum absolute atomic E-state index is 0.218. The smallest absolute Gasteiger partial charge is 0.125 e. The molecule has 1 unspecified atom stereocenters. The predicted molar refractivity (Wildman–Crippen MR) is 67.8 cm³/mol. The zero-order chi connectivity index (χ0) is 12.4. The predicted octanol–water partition coefficient (Wildman–Crippen LogP) is 2.48. The highest BCUT2D eigenvalue weighted by Gasteiger charge is 2.11. The van der Waals surface area contributed by atoms with E-state index in [4.69, 9.17) is 5.73 Å². The van der Waals surface area contributed by atoms with Gasteiger partial charge in [0.25, 0.3) is 0 Å². The van der Waals surface area contributed by atoms with Crippen LogP contribution in [0.25, 0.3) is 0 Å². The van der Waals surface area contributed by atoms with Crippen LogP contribution in [0.2, 0.25) is 0 Å². The number of anilines is 1. The van der Waals surface area contributed by atoms with Crippen molar-refractivity contribution in [3.63, 3.8) is 0 Å². The quantitative estimate of drug-likeness (QED) is 0.872. The molecule has 6 heteroatoms. The molecule has 1 heterocycles. The number of thiazole rings is 1. The SMILES string of the molecule is Cc1nc(CS(=O)c2ccc(F)cc2N)cs1. The topological polar surface area (TPSA) is 56.0 Å². The molecule has 0 fully saturated rings. The number of aromatic nitrogens is 1. The van der Waals surface area contributed by atoms with Gasteiger partial charge in [0, 0.05) is 5.38 Å². The Morgan fingerprint density at radius 2 is 2.29 bits per heavy atom. The Labute approximate surface area is 105 Å². The van der Waals surface area contributed by atoms with Crippen LogP contribution in [0.1, 0.15) is 10.7 Å². The molecule has 17 heavy (non-hydrogen) atoms. The van der Waals surface area contributed by atoms with E-state index in [0.717, 1.165) is 10.7 Å². The third-order valence-electron chi connectivity index (χ3n) is 2.16. The third-order valence-corrected chi connectivity index (χ3v) is 4.41. The zero-order valence-electron chi connectivity index (χ0n) is 9.14. The number of nitrogens with zero attached hydrogens (tertiary/aromatic N) is 1. The van der Waals surface area contributed by atoms with Gasteiger partial charge < -0.3 is 5.73 Å². The van der Waals surface area contributed by atoms with Crippen molar-refractivity contribution in [2.75, 3.05) is 5.73 Å². The van der Waals surface area contributed by atoms with Gasteiger partial charge in [-0.05, 0) is 25.1 Å². The maximum Gasteiger partial charge on any atom is 0.125 e. The molecule has 2 N–H and O–H groups in total. The number of rotatable bonds is 3. The van der Waals surface area contributed by atoms with Crippen molar-refractivity contribution in [2.45, 2.75) is 17.6 Å². The highest BCUT2D eigenvalue weighted by atomic mass is 32.2. The van der Waals surface area contributed by atoms with Crippen molar-refractivity contribution in [1.29, 1.82) is 0 Å². The summed E-state index contributed by atoms with van der Waals surface area (Å²) in [5.41, 5.74) is 6.62. The second kappa shape index (κ2) is 4.93. The number of nitrogen functional groups attached to an aromatic ring is 1. The van der Waals surface area contributed by atoms with Gasteiger partial charge >= 0.3 is 0 Å². The molecule has 0 radical (unpaired) electrons. The maximum atomic E-state index is 12.9. The molecule has 3 nitrogen and oxygen atoms in total. The molecule has 0 aliphatic rings. The van der Waals surface area contributed by atoms with E-state index < -0.39 is 16.6 Å². The number of hydrogen-bond acceptors (Lipinski definition) is 4. The normalized spacial score (nSPS) is 12.6. The summed E-state index contributed by atoms with van der Waals surface area (Å²) in [5.74, 6) is -0.118. The summed E-state index contributed by atoms with van der Waals surface area (Å²) in [6, 6.07) is 3.90. The molecule has 90 valence electrons. The second-order valence-corrected chi connectivity index (χ2v) is 6.01. The van der Waals surface area contributed by atoms with Gasteiger partial charge in [0.15, 0.2) is 0 Å². The van der Waals surface area contributed by atoms with Gasteiger partial charge in [-0.1, -0.05) is 0 Å². The largest absolute Gasteiger partial charge is 0.398 e. The van der Waals surface area contributed by atoms with E-state index >= 15 is 0 Å². The lowest BCUT2D eigenvalue weighted by Gasteiger charge is -2.04. The van der Waals surface area contributed by atoms with Crippen LogP contribution < -0.4 is 5.73 Å². The first-order valence-corrected chi connectivity index (χ1v) is 7.10. The maximum absolute atomic E-state index is 12.9. The van der Waals surface area contributed by atoms with E-state index in [1.54, 1.807) is 0 Å². The molecule has 0 bridgehead atoms. The monoisotopic (exact) mass is 270 g/mol. The molecule has 1 aromatic heterocycles. The zero-order valence-corrected chi connectivity index (χ0v) is 10.8. The molecule has 0 aliphatic carbocycles. The van der Waals surface area contributed by atoms with Crippen LogP contribution in [0.3, 0.4) is 0 Å². The lowest BCUT2D eigenvalue weighted by atomic mass is 10.3. The third kappa shape index (κ3) is 2.89. The standard InChI is InChI=1S/C11H11FN2OS2/c1-7-14-9(5-16-7)6-17(15)11-3-2-8(12)4-10(11)13/h2-5H,6,13H2,1H3. The van der Waals surface area contributed by atoms with Crippen molar-refractivity contribution >= 4 is 27.8 Å². The number of aryl methyl sites for hydroxylation is 1. The average Bonchev–Trinajstić information content (AvgIpc) is 2.63. The molecule has 2 aromatic rings. The average molecular weight is 270 g/mol. The minimum Gasteiger partial charge on any atom is -0.398 e. The highest BCUT2D eigenvalue weighted by Crippen LogP contribution is 2.20. The van der Waals surface area contributed by atoms with Crippen LogP contribution in [-0.4, -0.2) is 9.19 Å². The minimum atomic E-state index is -1.29. The first-order valence-electron chi connectivity index (χ1n) is 4.90. The Balaban J connectivity index is 2.20. The van der Waals surface area contributed by atoms with Crippen molar-refractivity contribution in [3.05, 3.63) is 40.1 Å². The van der Waals surface area contributed by atoms with Crippen molar-refractivity contribution < 1.29 is 8.60 Å². The van der Waals surface area contributed by atoms with E-state index in [9.17, 15) is 8.60 Å². The van der Waals surface area contributed by atoms with E-state index in [1.165, 1.54) is 29.5 Å². The molecule has 2 rings (SSSR count). The van der Waals surface area contributed by atoms with E-state index in [1.807, 2.05) is 12.3 Å². The molecule has 1 atom stereocenters. The summed E-state index contributed by atoms with van der Waals surface area (Å²) in [4.78, 5) is 4.69. The molecule has 0 saturated carbocycles. The van der Waals surface area contributed by atoms with Gasteiger partial charge in [-0.15, -0.1) is 11.3 Å². The van der Waals surface area contributed by atoms with Crippen molar-refractivity contribution in [1.82, 2.24) is 4.98 Å². The molecular weight excluding hydrogens is 259 g/mol. The van der Waals surface area contributed by atoms with E-state index in [0.29, 0.717) is 10.6 Å². The fraction of sp³-hybridized carbons (Fsp3) is 0.182. The summed E-state index contributed by atoms with van der Waals surface area (Å²) in [6.45, 7) is 1.89. The van der Waals surface area contributed by atoms with Gasteiger partial charge in [0.1, 0.15) is 5.82 Å². The molecule has 0 saturated heterocycles. The van der Waals surface area contributed by atoms with Crippen molar-refractivity contribution in [3.8, 4) is 0 Å². The number of benzene rings is 1. The summed E-state index contributed by atoms with van der Waals surface area (Å²) >= 11 is 1.51. The summed E-state index contributed by atoms with van der Waals surface area (Å²) < 4.78 is 24.9. The van der Waals surface area contributed by atoms with Crippen LogP contribution in [0.4, 0.5) is 10.1 Å². The Hall–Kier alpha value is -1.27. The van der Waals surface area contributed by atoms with Crippen LogP contribution in [0.5, 0.6) is 0 Å². The fourth-order valence-electron chi connectivity index (χ4n) is 1.41. The number of halogens is 1. The Kier molecular flexibility index (Phi) is 3.54. The molecule has 0 aliphatic heterocycles. The van der Waals surface area contributed by atoms with Crippen LogP contribution in [-0.2, 0) is 16.6 Å². The van der Waals surface area contributed by atoms with Crippen molar-refractivity contribution in [2.24, 2.45) is 0 Å². The first-order chi connectivity index (χ1) is 8.06. The lowest BCUT2D eigenvalue weighted by molar-refractivity contribution is 0.627. The van der Waals surface area contributed by atoms with Crippen LogP contribution in [0.15, 0.2) is 28.5 Å². The van der Waals surface area contributed by atoms with Crippen LogP contribution >= 0.6 is 11.3 Å². The van der Waals surface area contributed by atoms with Gasteiger partial charge in [-0.25, -0.2) is 9.37 Å². The van der Waals surface area contributed by atoms with E-state index in [2.05, 4.69) is 4.98 Å². The number of hydrogen-bond donors (Lipinski definition) is 1. The second-order valence-electron chi connectivity index (χ2n) is 3.53. The van der Waals surface area contributed by atoms with Gasteiger partial charge in [-0.3, -0.25) is 4.21 Å². The molecule has 0 amide bonds. The lowest BCUT2D eigenvalue weighted by Crippen LogP contribution is -2.01. The molecular formula is C11H11FN2OS2. The van der Waals surface area contributed by atoms with Gasteiger partial charge in [0.05, 0.1) is 37.8 Å². The summed E-state index contributed by atoms with van der Waals surface area (Å²) in [7, 11) is -1.29. The van der Waals surface area contributed by atoms with Crippen LogP contribution in [0, 0.1) is 12.7 Å². The number of nitrogens with two attached hydrogens (primary N) is 1. The van der Waals surface area contributed by atoms with Gasteiger partial charge in [-0.2, -0.15) is 0 Å². The molecule has 1 aromatic carbocycles.